The molecule has 1 aromatic rings. The summed E-state index contributed by atoms with van der Waals surface area (Å²) in [5.74, 6) is 0. The van der Waals surface area contributed by atoms with Gasteiger partial charge in [-0.05, 0) is 41.3 Å². The quantitative estimate of drug-likeness (QED) is 0.770. The van der Waals surface area contributed by atoms with Crippen LogP contribution < -0.4 is 4.90 Å². The molecule has 15 heavy (non-hydrogen) atoms. The first-order valence-electron chi connectivity index (χ1n) is 5.27. The second kappa shape index (κ2) is 4.66. The van der Waals surface area contributed by atoms with E-state index in [4.69, 9.17) is 0 Å². The molecule has 1 fully saturated rings. The fourth-order valence-electron chi connectivity index (χ4n) is 1.69. The van der Waals surface area contributed by atoms with Gasteiger partial charge < -0.3 is 4.90 Å². The lowest BCUT2D eigenvalue weighted by Gasteiger charge is -2.21. The molecule has 2 rings (SSSR count). The van der Waals surface area contributed by atoms with E-state index >= 15 is 0 Å². The summed E-state index contributed by atoms with van der Waals surface area (Å²) >= 11 is 5.01. The number of thiophene rings is 1. The van der Waals surface area contributed by atoms with Gasteiger partial charge in [-0.3, -0.25) is 4.79 Å². The number of nitrogens with zero attached hydrogens (tertiary/aromatic N) is 1. The van der Waals surface area contributed by atoms with Gasteiger partial charge in [-0.1, -0.05) is 6.92 Å². The van der Waals surface area contributed by atoms with Crippen molar-refractivity contribution in [2.45, 2.75) is 32.2 Å². The Morgan fingerprint density at radius 1 is 1.67 bits per heavy atom. The number of hydrogen-bond donors (Lipinski definition) is 0. The third-order valence-electron chi connectivity index (χ3n) is 2.54. The largest absolute Gasteiger partial charge is 0.360 e. The summed E-state index contributed by atoms with van der Waals surface area (Å²) in [5, 5.41) is 1.23. The molecule has 0 bridgehead atoms. The predicted molar refractivity (Wildman–Crippen MR) is 68.1 cm³/mol. The highest BCUT2D eigenvalue weighted by molar-refractivity contribution is 9.10. The van der Waals surface area contributed by atoms with E-state index < -0.39 is 0 Å². The van der Waals surface area contributed by atoms with Gasteiger partial charge in [0.05, 0.1) is 9.88 Å². The summed E-state index contributed by atoms with van der Waals surface area (Å²) in [6.07, 6.45) is 4.68. The molecule has 0 amide bonds. The molecule has 0 radical (unpaired) electrons. The fraction of sp³-hybridized carbons (Fsp3) is 0.545. The van der Waals surface area contributed by atoms with Gasteiger partial charge in [0, 0.05) is 17.1 Å². The lowest BCUT2D eigenvalue weighted by atomic mass is 10.4. The fourth-order valence-corrected chi connectivity index (χ4v) is 3.36. The van der Waals surface area contributed by atoms with Gasteiger partial charge in [-0.15, -0.1) is 11.3 Å². The third kappa shape index (κ3) is 2.42. The van der Waals surface area contributed by atoms with Gasteiger partial charge in [0.25, 0.3) is 0 Å². The summed E-state index contributed by atoms with van der Waals surface area (Å²) in [6, 6.07) is 2.79. The smallest absolute Gasteiger partial charge is 0.161 e. The zero-order valence-corrected chi connectivity index (χ0v) is 11.1. The highest BCUT2D eigenvalue weighted by Gasteiger charge is 2.29. The van der Waals surface area contributed by atoms with Crippen molar-refractivity contribution in [3.05, 3.63) is 15.4 Å². The Kier molecular flexibility index (Phi) is 3.46. The average molecular weight is 288 g/mol. The summed E-state index contributed by atoms with van der Waals surface area (Å²) in [4.78, 5) is 14.0. The average Bonchev–Trinajstić information content (AvgIpc) is 2.99. The third-order valence-corrected chi connectivity index (χ3v) is 4.56. The zero-order chi connectivity index (χ0) is 10.8. The van der Waals surface area contributed by atoms with Gasteiger partial charge in [0.15, 0.2) is 6.29 Å². The van der Waals surface area contributed by atoms with Crippen molar-refractivity contribution in [3.8, 4) is 0 Å². The lowest BCUT2D eigenvalue weighted by Crippen LogP contribution is -2.25. The van der Waals surface area contributed by atoms with Crippen molar-refractivity contribution in [3.63, 3.8) is 0 Å². The minimum absolute atomic E-state index is 0.718. The molecule has 1 aliphatic carbocycles. The highest BCUT2D eigenvalue weighted by atomic mass is 79.9. The van der Waals surface area contributed by atoms with Gasteiger partial charge in [0.1, 0.15) is 0 Å². The van der Waals surface area contributed by atoms with Crippen LogP contribution in [0.15, 0.2) is 10.5 Å². The number of carbonyl (C=O) groups excluding carboxylic acids is 1. The van der Waals surface area contributed by atoms with Crippen molar-refractivity contribution in [1.29, 1.82) is 0 Å². The van der Waals surface area contributed by atoms with Crippen molar-refractivity contribution >= 4 is 38.6 Å². The molecule has 2 nitrogen and oxygen atoms in total. The Hall–Kier alpha value is -0.350. The number of aldehydes is 1. The van der Waals surface area contributed by atoms with Crippen LogP contribution in [0.1, 0.15) is 35.9 Å². The van der Waals surface area contributed by atoms with E-state index in [1.54, 1.807) is 11.3 Å². The molecule has 0 atom stereocenters. The minimum Gasteiger partial charge on any atom is -0.360 e. The normalized spacial score (nSPS) is 15.3. The molecule has 1 aromatic heterocycles. The summed E-state index contributed by atoms with van der Waals surface area (Å²) in [7, 11) is 0. The molecule has 1 heterocycles. The standard InChI is InChI=1S/C11H14BrNOS/c1-2-5-13(8-3-4-8)11-6-9(12)10(7-14)15-11/h6-8H,2-5H2,1H3. The van der Waals surface area contributed by atoms with Crippen molar-refractivity contribution < 1.29 is 4.79 Å². The number of halogens is 1. The Morgan fingerprint density at radius 2 is 2.40 bits per heavy atom. The predicted octanol–water partition coefficient (Wildman–Crippen LogP) is 3.70. The van der Waals surface area contributed by atoms with Crippen molar-refractivity contribution in [1.82, 2.24) is 0 Å². The van der Waals surface area contributed by atoms with E-state index in [1.807, 2.05) is 0 Å². The number of carbonyl (C=O) groups is 1. The minimum atomic E-state index is 0.718. The topological polar surface area (TPSA) is 20.3 Å². The molecule has 82 valence electrons. The van der Waals surface area contributed by atoms with Crippen LogP contribution in [0.4, 0.5) is 5.00 Å². The van der Waals surface area contributed by atoms with Gasteiger partial charge in [-0.2, -0.15) is 0 Å². The SMILES string of the molecule is CCCN(c1cc(Br)c(C=O)s1)C1CC1. The Balaban J connectivity index is 2.20. The first-order chi connectivity index (χ1) is 7.26. The van der Waals surface area contributed by atoms with E-state index in [1.165, 1.54) is 17.8 Å². The maximum atomic E-state index is 10.8. The second-order valence-corrected chi connectivity index (χ2v) is 5.76. The van der Waals surface area contributed by atoms with Crippen LogP contribution in [0, 0.1) is 0 Å². The van der Waals surface area contributed by atoms with Crippen LogP contribution in [0.5, 0.6) is 0 Å². The Morgan fingerprint density at radius 3 is 2.87 bits per heavy atom. The van der Waals surface area contributed by atoms with E-state index in [-0.39, 0.29) is 0 Å². The van der Waals surface area contributed by atoms with E-state index in [2.05, 4.69) is 33.8 Å². The van der Waals surface area contributed by atoms with Crippen molar-refractivity contribution in [2.75, 3.05) is 11.4 Å². The first-order valence-corrected chi connectivity index (χ1v) is 6.88. The van der Waals surface area contributed by atoms with E-state index in [0.717, 1.165) is 34.6 Å². The molecule has 0 aromatic carbocycles. The van der Waals surface area contributed by atoms with Crippen molar-refractivity contribution in [2.24, 2.45) is 0 Å². The molecule has 1 aliphatic rings. The lowest BCUT2D eigenvalue weighted by molar-refractivity contribution is 0.112. The Labute approximate surface area is 102 Å². The van der Waals surface area contributed by atoms with Crippen LogP contribution in [0.2, 0.25) is 0 Å². The van der Waals surface area contributed by atoms with E-state index in [9.17, 15) is 4.79 Å². The Bertz CT molecular complexity index is 359. The van der Waals surface area contributed by atoms with Gasteiger partial charge >= 0.3 is 0 Å². The van der Waals surface area contributed by atoms with Gasteiger partial charge in [0.2, 0.25) is 0 Å². The van der Waals surface area contributed by atoms with Crippen LogP contribution in [0.3, 0.4) is 0 Å². The molecular formula is C11H14BrNOS. The summed E-state index contributed by atoms with van der Waals surface area (Å²) < 4.78 is 0.930. The molecular weight excluding hydrogens is 274 g/mol. The van der Waals surface area contributed by atoms with Crippen LogP contribution >= 0.6 is 27.3 Å². The summed E-state index contributed by atoms with van der Waals surface area (Å²) in [6.45, 7) is 3.29. The molecule has 0 N–H and O–H groups in total. The molecule has 0 unspecified atom stereocenters. The molecule has 1 saturated carbocycles. The number of anilines is 1. The van der Waals surface area contributed by atoms with Crippen LogP contribution in [0.25, 0.3) is 0 Å². The molecule has 0 saturated heterocycles. The van der Waals surface area contributed by atoms with Gasteiger partial charge in [-0.25, -0.2) is 0 Å². The summed E-state index contributed by atoms with van der Waals surface area (Å²) in [5.41, 5.74) is 0. The number of hydrogen-bond acceptors (Lipinski definition) is 3. The monoisotopic (exact) mass is 287 g/mol. The second-order valence-electron chi connectivity index (χ2n) is 3.84. The molecule has 0 aliphatic heterocycles. The molecule has 4 heteroatoms. The number of rotatable bonds is 5. The zero-order valence-electron chi connectivity index (χ0n) is 8.70. The van der Waals surface area contributed by atoms with Crippen LogP contribution in [-0.4, -0.2) is 18.9 Å². The van der Waals surface area contributed by atoms with E-state index in [0.29, 0.717) is 0 Å². The maximum Gasteiger partial charge on any atom is 0.161 e. The highest BCUT2D eigenvalue weighted by Crippen LogP contribution is 2.38. The maximum absolute atomic E-state index is 10.8. The molecule has 0 spiro atoms. The first kappa shape index (κ1) is 11.1. The van der Waals surface area contributed by atoms with Crippen LogP contribution in [-0.2, 0) is 0 Å².